The summed E-state index contributed by atoms with van der Waals surface area (Å²) in [7, 11) is 0. The van der Waals surface area contributed by atoms with Crippen LogP contribution in [-0.2, 0) is 11.0 Å². The minimum Gasteiger partial charge on any atom is -0.343 e. The molecule has 2 aromatic heterocycles. The molecule has 1 aromatic carbocycles. The number of amides is 2. The molecule has 4 rings (SSSR count). The number of fused-ring (bicyclic) bond motifs is 1. The van der Waals surface area contributed by atoms with Gasteiger partial charge in [0.05, 0.1) is 29.1 Å². The van der Waals surface area contributed by atoms with Gasteiger partial charge in [-0.3, -0.25) is 9.59 Å². The first-order valence-electron chi connectivity index (χ1n) is 11.1. The van der Waals surface area contributed by atoms with E-state index < -0.39 is 23.7 Å². The molecule has 1 atom stereocenters. The van der Waals surface area contributed by atoms with Crippen molar-refractivity contribution in [1.82, 2.24) is 25.0 Å². The zero-order valence-electron chi connectivity index (χ0n) is 19.2. The third-order valence-corrected chi connectivity index (χ3v) is 5.99. The standard InChI is InChI=1S/C24H26F3N5O2/c1-14(2)32-22-17(12-28-32)11-19(15(3)29-22)23(34)30-20(13-31-9-5-8-21(31)33)16-6-4-7-18(10-16)24(25,26)27/h4,6-7,10-12,14,20H,5,8-9,13H2,1-3H3,(H,30,34). The van der Waals surface area contributed by atoms with Crippen LogP contribution in [0.4, 0.5) is 13.2 Å². The number of hydrogen-bond donors (Lipinski definition) is 1. The number of pyridine rings is 1. The molecule has 180 valence electrons. The van der Waals surface area contributed by atoms with E-state index in [1.807, 2.05) is 13.8 Å². The van der Waals surface area contributed by atoms with Crippen molar-refractivity contribution in [2.45, 2.75) is 51.9 Å². The highest BCUT2D eigenvalue weighted by Gasteiger charge is 2.32. The highest BCUT2D eigenvalue weighted by molar-refractivity contribution is 5.98. The number of nitrogens with zero attached hydrogens (tertiary/aromatic N) is 4. The lowest BCUT2D eigenvalue weighted by atomic mass is 10.0. The first kappa shape index (κ1) is 23.7. The molecule has 10 heteroatoms. The van der Waals surface area contributed by atoms with E-state index in [9.17, 15) is 22.8 Å². The predicted octanol–water partition coefficient (Wildman–Crippen LogP) is 4.43. The van der Waals surface area contributed by atoms with Crippen molar-refractivity contribution < 1.29 is 22.8 Å². The molecule has 3 aromatic rings. The molecule has 7 nitrogen and oxygen atoms in total. The fraction of sp³-hybridized carbons (Fsp3) is 0.417. The third-order valence-electron chi connectivity index (χ3n) is 5.99. The molecule has 0 bridgehead atoms. The van der Waals surface area contributed by atoms with Crippen LogP contribution in [-0.4, -0.2) is 44.6 Å². The van der Waals surface area contributed by atoms with Gasteiger partial charge in [0.25, 0.3) is 5.91 Å². The topological polar surface area (TPSA) is 80.1 Å². The highest BCUT2D eigenvalue weighted by Crippen LogP contribution is 2.31. The monoisotopic (exact) mass is 473 g/mol. The molecule has 2 amide bonds. The second-order valence-electron chi connectivity index (χ2n) is 8.81. The Hall–Kier alpha value is -3.43. The maximum atomic E-state index is 13.3. The number of aryl methyl sites for hydroxylation is 1. The van der Waals surface area contributed by atoms with Gasteiger partial charge in [0.2, 0.25) is 5.91 Å². The predicted molar refractivity (Wildman–Crippen MR) is 120 cm³/mol. The van der Waals surface area contributed by atoms with Crippen LogP contribution in [0.2, 0.25) is 0 Å². The molecular formula is C24H26F3N5O2. The first-order valence-corrected chi connectivity index (χ1v) is 11.1. The van der Waals surface area contributed by atoms with Gasteiger partial charge in [-0.05, 0) is 51.0 Å². The van der Waals surface area contributed by atoms with Crippen LogP contribution in [0.25, 0.3) is 11.0 Å². The number of carbonyl (C=O) groups excluding carboxylic acids is 2. The third kappa shape index (κ3) is 4.76. The number of halogens is 3. The summed E-state index contributed by atoms with van der Waals surface area (Å²) < 4.78 is 41.7. The first-order chi connectivity index (χ1) is 16.0. The normalized spacial score (nSPS) is 15.4. The number of nitrogens with one attached hydrogen (secondary N) is 1. The Morgan fingerprint density at radius 3 is 2.65 bits per heavy atom. The van der Waals surface area contributed by atoms with Crippen molar-refractivity contribution in [3.63, 3.8) is 0 Å². The lowest BCUT2D eigenvalue weighted by Crippen LogP contribution is -2.39. The van der Waals surface area contributed by atoms with Gasteiger partial charge >= 0.3 is 6.18 Å². The maximum absolute atomic E-state index is 13.3. The minimum absolute atomic E-state index is 0.0772. The van der Waals surface area contributed by atoms with Crippen LogP contribution in [0.3, 0.4) is 0 Å². The summed E-state index contributed by atoms with van der Waals surface area (Å²) in [5.74, 6) is -0.551. The van der Waals surface area contributed by atoms with Crippen molar-refractivity contribution in [2.24, 2.45) is 0 Å². The number of alkyl halides is 3. The summed E-state index contributed by atoms with van der Waals surface area (Å²) in [5, 5.41) is 7.86. The molecule has 1 saturated heterocycles. The van der Waals surface area contributed by atoms with Crippen LogP contribution >= 0.6 is 0 Å². The van der Waals surface area contributed by atoms with E-state index in [1.54, 1.807) is 28.8 Å². The summed E-state index contributed by atoms with van der Waals surface area (Å²) in [6.45, 7) is 6.25. The molecule has 34 heavy (non-hydrogen) atoms. The lowest BCUT2D eigenvalue weighted by molar-refractivity contribution is -0.137. The van der Waals surface area contributed by atoms with E-state index in [2.05, 4.69) is 15.4 Å². The highest BCUT2D eigenvalue weighted by atomic mass is 19.4. The van der Waals surface area contributed by atoms with E-state index >= 15 is 0 Å². The maximum Gasteiger partial charge on any atom is 0.416 e. The number of carbonyl (C=O) groups is 2. The van der Waals surface area contributed by atoms with E-state index in [4.69, 9.17) is 0 Å². The van der Waals surface area contributed by atoms with Crippen molar-refractivity contribution in [3.8, 4) is 0 Å². The van der Waals surface area contributed by atoms with Crippen LogP contribution in [0.1, 0.15) is 66.0 Å². The quantitative estimate of drug-likeness (QED) is 0.574. The van der Waals surface area contributed by atoms with Gasteiger partial charge in [-0.15, -0.1) is 0 Å². The number of likely N-dealkylation sites (tertiary alicyclic amines) is 1. The van der Waals surface area contributed by atoms with Gasteiger partial charge in [-0.1, -0.05) is 12.1 Å². The summed E-state index contributed by atoms with van der Waals surface area (Å²) in [6.07, 6.45) is -1.81. The zero-order chi connectivity index (χ0) is 24.6. The van der Waals surface area contributed by atoms with Crippen LogP contribution in [0.5, 0.6) is 0 Å². The SMILES string of the molecule is Cc1nc2c(cnn2C(C)C)cc1C(=O)NC(CN1CCCC1=O)c1cccc(C(F)(F)F)c1. The fourth-order valence-electron chi connectivity index (χ4n) is 4.19. The molecule has 1 fully saturated rings. The summed E-state index contributed by atoms with van der Waals surface area (Å²) in [4.78, 5) is 31.6. The van der Waals surface area contributed by atoms with Crippen LogP contribution in [0, 0.1) is 6.92 Å². The van der Waals surface area contributed by atoms with Gasteiger partial charge in [-0.25, -0.2) is 9.67 Å². The Morgan fingerprint density at radius 2 is 2.00 bits per heavy atom. The molecule has 0 aliphatic carbocycles. The van der Waals surface area contributed by atoms with E-state index in [0.29, 0.717) is 41.7 Å². The minimum atomic E-state index is -4.52. The zero-order valence-corrected chi connectivity index (χ0v) is 19.2. The Balaban J connectivity index is 1.67. The second-order valence-corrected chi connectivity index (χ2v) is 8.81. The smallest absolute Gasteiger partial charge is 0.343 e. The average Bonchev–Trinajstić information content (AvgIpc) is 3.37. The summed E-state index contributed by atoms with van der Waals surface area (Å²) in [6, 6.07) is 5.80. The Labute approximate surface area is 194 Å². The molecular weight excluding hydrogens is 447 g/mol. The fourth-order valence-corrected chi connectivity index (χ4v) is 4.19. The summed E-state index contributed by atoms with van der Waals surface area (Å²) in [5.41, 5.74) is 0.911. The molecule has 1 N–H and O–H groups in total. The number of hydrogen-bond acceptors (Lipinski definition) is 4. The summed E-state index contributed by atoms with van der Waals surface area (Å²) >= 11 is 0. The van der Waals surface area contributed by atoms with Crippen molar-refractivity contribution in [2.75, 3.05) is 13.1 Å². The molecule has 0 saturated carbocycles. The van der Waals surface area contributed by atoms with Crippen LogP contribution < -0.4 is 5.32 Å². The van der Waals surface area contributed by atoms with Gasteiger partial charge < -0.3 is 10.2 Å². The van der Waals surface area contributed by atoms with Crippen LogP contribution in [0.15, 0.2) is 36.5 Å². The molecule has 1 unspecified atom stereocenters. The molecule has 3 heterocycles. The van der Waals surface area contributed by atoms with Gasteiger partial charge in [0.15, 0.2) is 5.65 Å². The van der Waals surface area contributed by atoms with Gasteiger partial charge in [0, 0.05) is 30.9 Å². The number of aromatic nitrogens is 3. The second kappa shape index (κ2) is 9.08. The largest absolute Gasteiger partial charge is 0.416 e. The Morgan fingerprint density at radius 1 is 1.24 bits per heavy atom. The lowest BCUT2D eigenvalue weighted by Gasteiger charge is -2.26. The Bertz CT molecular complexity index is 1240. The van der Waals surface area contributed by atoms with Gasteiger partial charge in [-0.2, -0.15) is 18.3 Å². The van der Waals surface area contributed by atoms with Gasteiger partial charge in [0.1, 0.15) is 0 Å². The van der Waals surface area contributed by atoms with Crippen molar-refractivity contribution >= 4 is 22.8 Å². The van der Waals surface area contributed by atoms with E-state index in [1.165, 1.54) is 12.1 Å². The number of benzene rings is 1. The molecule has 1 aliphatic heterocycles. The molecule has 0 spiro atoms. The van der Waals surface area contributed by atoms with Crippen molar-refractivity contribution in [3.05, 3.63) is 58.9 Å². The molecule has 0 radical (unpaired) electrons. The molecule has 1 aliphatic rings. The van der Waals surface area contributed by atoms with E-state index in [-0.39, 0.29) is 24.1 Å². The number of rotatable bonds is 6. The average molecular weight is 473 g/mol. The Kier molecular flexibility index (Phi) is 6.33. The van der Waals surface area contributed by atoms with E-state index in [0.717, 1.165) is 12.1 Å². The van der Waals surface area contributed by atoms with Crippen molar-refractivity contribution in [1.29, 1.82) is 0 Å².